The molecule has 0 aromatic carbocycles. The van der Waals surface area contributed by atoms with Gasteiger partial charge < -0.3 is 10.2 Å². The van der Waals surface area contributed by atoms with E-state index in [2.05, 4.69) is 15.3 Å². The topological polar surface area (TPSA) is 78.4 Å². The molecule has 28 heavy (non-hydrogen) atoms. The first-order valence-corrected chi connectivity index (χ1v) is 9.59. The summed E-state index contributed by atoms with van der Waals surface area (Å²) in [6.07, 6.45) is -4.41. The maximum absolute atomic E-state index is 13.0. The fourth-order valence-electron chi connectivity index (χ4n) is 2.62. The van der Waals surface area contributed by atoms with Gasteiger partial charge in [0.25, 0.3) is 0 Å². The Labute approximate surface area is 157 Å². The third-order valence-electron chi connectivity index (χ3n) is 4.22. The van der Waals surface area contributed by atoms with E-state index in [9.17, 15) is 34.8 Å². The molecule has 7 nitrogen and oxygen atoms in total. The van der Waals surface area contributed by atoms with E-state index in [-0.39, 0.29) is 50.2 Å². The van der Waals surface area contributed by atoms with Crippen molar-refractivity contribution < 1.29 is 34.8 Å². The number of nitrogens with zero attached hydrogens (tertiary/aromatic N) is 4. The van der Waals surface area contributed by atoms with E-state index >= 15 is 0 Å². The molecule has 0 aliphatic carbocycles. The van der Waals surface area contributed by atoms with Gasteiger partial charge in [0.2, 0.25) is 5.95 Å². The quantitative estimate of drug-likeness (QED) is 0.717. The molecule has 2 rings (SSSR count). The van der Waals surface area contributed by atoms with Crippen LogP contribution < -0.4 is 10.2 Å². The van der Waals surface area contributed by atoms with Crippen LogP contribution in [-0.2, 0) is 16.2 Å². The summed E-state index contributed by atoms with van der Waals surface area (Å²) < 4.78 is 99.7. The highest BCUT2D eigenvalue weighted by Gasteiger charge is 2.50. The first-order valence-electron chi connectivity index (χ1n) is 8.15. The zero-order chi connectivity index (χ0) is 21.3. The van der Waals surface area contributed by atoms with Gasteiger partial charge in [0.05, 0.1) is 0 Å². The molecule has 1 fully saturated rings. The van der Waals surface area contributed by atoms with Crippen LogP contribution in [0, 0.1) is 5.92 Å². The highest BCUT2D eigenvalue weighted by molar-refractivity contribution is 7.90. The minimum Gasteiger partial charge on any atom is -0.363 e. The SMILES string of the molecule is CN(C)c1cc(C(F)(F)F)nc(NCC2CCN(S(=O)(=O)C(F)(F)F)CC2)n1. The zero-order valence-electron chi connectivity index (χ0n) is 15.0. The normalized spacial score (nSPS) is 17.6. The Kier molecular flexibility index (Phi) is 6.33. The summed E-state index contributed by atoms with van der Waals surface area (Å²) >= 11 is 0. The number of nitrogens with one attached hydrogen (secondary N) is 1. The van der Waals surface area contributed by atoms with Crippen molar-refractivity contribution in [3.63, 3.8) is 0 Å². The minimum absolute atomic E-state index is 0.0379. The third kappa shape index (κ3) is 5.16. The Morgan fingerprint density at radius 2 is 1.71 bits per heavy atom. The lowest BCUT2D eigenvalue weighted by Crippen LogP contribution is -2.45. The first-order chi connectivity index (χ1) is 12.7. The summed E-state index contributed by atoms with van der Waals surface area (Å²) in [7, 11) is -2.34. The molecule has 1 aromatic rings. The summed E-state index contributed by atoms with van der Waals surface area (Å²) in [5.41, 5.74) is -6.48. The Hall–Kier alpha value is -1.83. The van der Waals surface area contributed by atoms with Crippen molar-refractivity contribution in [2.75, 3.05) is 43.9 Å². The fraction of sp³-hybridized carbons (Fsp3) is 0.714. The maximum Gasteiger partial charge on any atom is 0.511 e. The van der Waals surface area contributed by atoms with E-state index in [1.54, 1.807) is 0 Å². The van der Waals surface area contributed by atoms with E-state index in [0.717, 1.165) is 6.07 Å². The number of halogens is 6. The van der Waals surface area contributed by atoms with Gasteiger partial charge in [-0.15, -0.1) is 0 Å². The second-order valence-electron chi connectivity index (χ2n) is 6.50. The van der Waals surface area contributed by atoms with Crippen LogP contribution in [0.1, 0.15) is 18.5 Å². The van der Waals surface area contributed by atoms with Gasteiger partial charge in [-0.1, -0.05) is 0 Å². The van der Waals surface area contributed by atoms with Crippen LogP contribution >= 0.6 is 0 Å². The lowest BCUT2D eigenvalue weighted by atomic mass is 9.98. The Morgan fingerprint density at radius 1 is 1.14 bits per heavy atom. The van der Waals surface area contributed by atoms with Crippen LogP contribution in [0.4, 0.5) is 38.1 Å². The molecular weight excluding hydrogens is 416 g/mol. The van der Waals surface area contributed by atoms with Gasteiger partial charge in [0.1, 0.15) is 5.82 Å². The van der Waals surface area contributed by atoms with Gasteiger partial charge in [-0.2, -0.15) is 35.6 Å². The monoisotopic (exact) mass is 435 g/mol. The second-order valence-corrected chi connectivity index (χ2v) is 8.43. The van der Waals surface area contributed by atoms with Crippen molar-refractivity contribution in [3.05, 3.63) is 11.8 Å². The predicted molar refractivity (Wildman–Crippen MR) is 89.1 cm³/mol. The van der Waals surface area contributed by atoms with Gasteiger partial charge in [-0.3, -0.25) is 0 Å². The van der Waals surface area contributed by atoms with E-state index < -0.39 is 27.4 Å². The highest BCUT2D eigenvalue weighted by atomic mass is 32.2. The van der Waals surface area contributed by atoms with Crippen molar-refractivity contribution >= 4 is 21.8 Å². The van der Waals surface area contributed by atoms with Crippen LogP contribution in [0.3, 0.4) is 0 Å². The van der Waals surface area contributed by atoms with Gasteiger partial charge in [-0.05, 0) is 18.8 Å². The van der Waals surface area contributed by atoms with Gasteiger partial charge in [0.15, 0.2) is 5.69 Å². The standard InChI is InChI=1S/C14H19F6N5O2S/c1-24(2)11-7-10(13(15,16)17)22-12(23-11)21-8-9-3-5-25(6-4-9)28(26,27)14(18,19)20/h7,9H,3-6,8H2,1-2H3,(H,21,22,23). The Balaban J connectivity index is 2.02. The molecule has 0 unspecified atom stereocenters. The summed E-state index contributed by atoms with van der Waals surface area (Å²) in [4.78, 5) is 8.77. The van der Waals surface area contributed by atoms with Gasteiger partial charge in [-0.25, -0.2) is 13.4 Å². The molecule has 1 aromatic heterocycles. The molecule has 2 heterocycles. The molecule has 0 bridgehead atoms. The summed E-state index contributed by atoms with van der Waals surface area (Å²) in [5, 5.41) is 2.67. The van der Waals surface area contributed by atoms with Crippen molar-refractivity contribution in [3.8, 4) is 0 Å². The Morgan fingerprint density at radius 3 is 2.18 bits per heavy atom. The average molecular weight is 435 g/mol. The molecule has 1 N–H and O–H groups in total. The largest absolute Gasteiger partial charge is 0.511 e. The second kappa shape index (κ2) is 7.89. The number of rotatable bonds is 5. The molecule has 0 atom stereocenters. The number of aromatic nitrogens is 2. The molecule has 0 radical (unpaired) electrons. The van der Waals surface area contributed by atoms with Crippen molar-refractivity contribution in [1.29, 1.82) is 0 Å². The maximum atomic E-state index is 13.0. The Bertz CT molecular complexity index is 788. The molecular formula is C14H19F6N5O2S. The summed E-state index contributed by atoms with van der Waals surface area (Å²) in [5.74, 6) is -0.458. The number of hydrogen-bond acceptors (Lipinski definition) is 6. The van der Waals surface area contributed by atoms with Crippen molar-refractivity contribution in [2.45, 2.75) is 24.5 Å². The van der Waals surface area contributed by atoms with Gasteiger partial charge >= 0.3 is 21.7 Å². The lowest BCUT2D eigenvalue weighted by Gasteiger charge is -2.31. The number of alkyl halides is 6. The van der Waals surface area contributed by atoms with Crippen molar-refractivity contribution in [1.82, 2.24) is 14.3 Å². The molecule has 1 aliphatic heterocycles. The summed E-state index contributed by atoms with van der Waals surface area (Å²) in [6, 6.07) is 0.797. The molecule has 1 saturated heterocycles. The number of piperidine rings is 1. The van der Waals surface area contributed by atoms with E-state index in [4.69, 9.17) is 0 Å². The lowest BCUT2D eigenvalue weighted by molar-refractivity contribution is -0.141. The highest BCUT2D eigenvalue weighted by Crippen LogP contribution is 2.32. The number of hydrogen-bond donors (Lipinski definition) is 1. The smallest absolute Gasteiger partial charge is 0.363 e. The predicted octanol–water partition coefficient (Wildman–Crippen LogP) is 2.53. The third-order valence-corrected chi connectivity index (χ3v) is 5.85. The summed E-state index contributed by atoms with van der Waals surface area (Å²) in [6.45, 7) is -0.532. The average Bonchev–Trinajstić information content (AvgIpc) is 2.58. The first kappa shape index (κ1) is 22.5. The van der Waals surface area contributed by atoms with Crippen LogP contribution in [-0.4, -0.2) is 61.9 Å². The zero-order valence-corrected chi connectivity index (χ0v) is 15.8. The van der Waals surface area contributed by atoms with E-state index in [1.807, 2.05) is 0 Å². The molecule has 0 saturated carbocycles. The molecule has 1 aliphatic rings. The molecule has 14 heteroatoms. The van der Waals surface area contributed by atoms with Crippen LogP contribution in [0.2, 0.25) is 0 Å². The van der Waals surface area contributed by atoms with E-state index in [1.165, 1.54) is 19.0 Å². The van der Waals surface area contributed by atoms with E-state index in [0.29, 0.717) is 4.31 Å². The van der Waals surface area contributed by atoms with Crippen LogP contribution in [0.15, 0.2) is 6.07 Å². The minimum atomic E-state index is -5.37. The number of sulfonamides is 1. The molecule has 0 amide bonds. The fourth-order valence-corrected chi connectivity index (χ4v) is 3.61. The molecule has 160 valence electrons. The number of anilines is 2. The van der Waals surface area contributed by atoms with Crippen molar-refractivity contribution in [2.24, 2.45) is 5.92 Å². The van der Waals surface area contributed by atoms with Crippen LogP contribution in [0.5, 0.6) is 0 Å². The van der Waals surface area contributed by atoms with Crippen LogP contribution in [0.25, 0.3) is 0 Å². The van der Waals surface area contributed by atoms with Gasteiger partial charge in [0, 0.05) is 39.8 Å². The molecule has 0 spiro atoms.